The fourth-order valence-corrected chi connectivity index (χ4v) is 1.44. The maximum absolute atomic E-state index is 9.90. The van der Waals surface area contributed by atoms with Crippen LogP contribution in [0.5, 0.6) is 0 Å². The summed E-state index contributed by atoms with van der Waals surface area (Å²) < 4.78 is 10.5. The molecular formula is C12H20O3. The van der Waals surface area contributed by atoms with E-state index in [1.165, 1.54) is 0 Å². The van der Waals surface area contributed by atoms with Crippen LogP contribution in [0.2, 0.25) is 0 Å². The first-order valence-corrected chi connectivity index (χ1v) is 5.23. The lowest BCUT2D eigenvalue weighted by molar-refractivity contribution is 0.000694. The Morgan fingerprint density at radius 3 is 2.67 bits per heavy atom. The van der Waals surface area contributed by atoms with E-state index in [1.54, 1.807) is 13.4 Å². The van der Waals surface area contributed by atoms with Crippen molar-refractivity contribution in [2.45, 2.75) is 45.3 Å². The molecule has 1 aromatic heterocycles. The highest BCUT2D eigenvalue weighted by molar-refractivity contribution is 5.16. The van der Waals surface area contributed by atoms with Crippen molar-refractivity contribution in [3.63, 3.8) is 0 Å². The first kappa shape index (κ1) is 12.3. The van der Waals surface area contributed by atoms with E-state index >= 15 is 0 Å². The van der Waals surface area contributed by atoms with E-state index in [1.807, 2.05) is 26.8 Å². The number of hydrogen-bond acceptors (Lipinski definition) is 3. The monoisotopic (exact) mass is 212 g/mol. The molecule has 3 heteroatoms. The molecular weight excluding hydrogens is 192 g/mol. The number of ether oxygens (including phenoxy) is 1. The van der Waals surface area contributed by atoms with Gasteiger partial charge in [-0.15, -0.1) is 0 Å². The van der Waals surface area contributed by atoms with Gasteiger partial charge in [-0.25, -0.2) is 0 Å². The summed E-state index contributed by atoms with van der Waals surface area (Å²) >= 11 is 0. The molecule has 0 bridgehead atoms. The van der Waals surface area contributed by atoms with Crippen molar-refractivity contribution in [2.75, 3.05) is 7.11 Å². The van der Waals surface area contributed by atoms with Crippen molar-refractivity contribution in [1.82, 2.24) is 0 Å². The van der Waals surface area contributed by atoms with Crippen LogP contribution >= 0.6 is 0 Å². The summed E-state index contributed by atoms with van der Waals surface area (Å²) in [5, 5.41) is 9.90. The number of methoxy groups -OCH3 is 1. The Kier molecular flexibility index (Phi) is 3.94. The third-order valence-corrected chi connectivity index (χ3v) is 2.78. The van der Waals surface area contributed by atoms with Gasteiger partial charge in [0.2, 0.25) is 0 Å². The molecule has 0 spiro atoms. The van der Waals surface area contributed by atoms with Crippen molar-refractivity contribution in [2.24, 2.45) is 0 Å². The molecule has 0 aromatic carbocycles. The Bertz CT molecular complexity index is 302. The quantitative estimate of drug-likeness (QED) is 0.816. The smallest absolute Gasteiger partial charge is 0.135 e. The normalized spacial score (nSPS) is 14.2. The average molecular weight is 212 g/mol. The minimum Gasteiger partial charge on any atom is -0.466 e. The number of rotatable bonds is 5. The maximum atomic E-state index is 9.90. The summed E-state index contributed by atoms with van der Waals surface area (Å²) in [4.78, 5) is 0. The molecule has 0 aliphatic heterocycles. The zero-order valence-electron chi connectivity index (χ0n) is 9.91. The second-order valence-electron chi connectivity index (χ2n) is 4.49. The molecule has 86 valence electrons. The van der Waals surface area contributed by atoms with Gasteiger partial charge in [-0.05, 0) is 45.2 Å². The van der Waals surface area contributed by atoms with E-state index in [2.05, 4.69) is 0 Å². The SMILES string of the molecule is COC(C)(C)CCC(O)c1occc1C. The summed E-state index contributed by atoms with van der Waals surface area (Å²) in [6.45, 7) is 5.95. The third-order valence-electron chi connectivity index (χ3n) is 2.78. The lowest BCUT2D eigenvalue weighted by Crippen LogP contribution is -2.23. The van der Waals surface area contributed by atoms with Crippen LogP contribution in [0, 0.1) is 6.92 Å². The van der Waals surface area contributed by atoms with Gasteiger partial charge in [0, 0.05) is 7.11 Å². The fraction of sp³-hybridized carbons (Fsp3) is 0.667. The van der Waals surface area contributed by atoms with Gasteiger partial charge in [0.1, 0.15) is 11.9 Å². The van der Waals surface area contributed by atoms with Gasteiger partial charge in [-0.3, -0.25) is 0 Å². The van der Waals surface area contributed by atoms with Crippen molar-refractivity contribution in [3.05, 3.63) is 23.7 Å². The molecule has 15 heavy (non-hydrogen) atoms. The summed E-state index contributed by atoms with van der Waals surface area (Å²) in [6.07, 6.45) is 2.52. The van der Waals surface area contributed by atoms with Gasteiger partial charge in [0.05, 0.1) is 11.9 Å². The lowest BCUT2D eigenvalue weighted by Gasteiger charge is -2.23. The molecule has 0 saturated heterocycles. The third kappa shape index (κ3) is 3.36. The molecule has 0 aliphatic carbocycles. The van der Waals surface area contributed by atoms with E-state index < -0.39 is 6.10 Å². The molecule has 0 fully saturated rings. The molecule has 1 unspecified atom stereocenters. The minimum atomic E-state index is -0.533. The highest BCUT2D eigenvalue weighted by Crippen LogP contribution is 2.26. The van der Waals surface area contributed by atoms with E-state index in [4.69, 9.17) is 9.15 Å². The van der Waals surface area contributed by atoms with E-state index in [0.29, 0.717) is 12.2 Å². The first-order chi connectivity index (χ1) is 6.96. The molecule has 1 atom stereocenters. The van der Waals surface area contributed by atoms with Gasteiger partial charge >= 0.3 is 0 Å². The number of aliphatic hydroxyl groups excluding tert-OH is 1. The van der Waals surface area contributed by atoms with E-state index in [-0.39, 0.29) is 5.60 Å². The largest absolute Gasteiger partial charge is 0.466 e. The number of furan rings is 1. The summed E-state index contributed by atoms with van der Waals surface area (Å²) in [6, 6.07) is 1.86. The second-order valence-corrected chi connectivity index (χ2v) is 4.49. The molecule has 1 aromatic rings. The van der Waals surface area contributed by atoms with E-state index in [9.17, 15) is 5.11 Å². The number of aliphatic hydroxyl groups is 1. The molecule has 0 aliphatic rings. The Balaban J connectivity index is 2.50. The van der Waals surface area contributed by atoms with Crippen molar-refractivity contribution >= 4 is 0 Å². The second kappa shape index (κ2) is 4.81. The molecule has 0 saturated carbocycles. The van der Waals surface area contributed by atoms with Crippen molar-refractivity contribution in [3.8, 4) is 0 Å². The summed E-state index contributed by atoms with van der Waals surface area (Å²) in [5.41, 5.74) is 0.805. The van der Waals surface area contributed by atoms with Gasteiger partial charge in [0.15, 0.2) is 0 Å². The van der Waals surface area contributed by atoms with Crippen LogP contribution in [0.1, 0.15) is 44.1 Å². The van der Waals surface area contributed by atoms with Crippen molar-refractivity contribution < 1.29 is 14.3 Å². The van der Waals surface area contributed by atoms with Crippen LogP contribution in [0.15, 0.2) is 16.7 Å². The standard InChI is InChI=1S/C12H20O3/c1-9-6-8-15-11(9)10(13)5-7-12(2,3)14-4/h6,8,10,13H,5,7H2,1-4H3. The average Bonchev–Trinajstić information content (AvgIpc) is 2.61. The predicted molar refractivity (Wildman–Crippen MR) is 58.7 cm³/mol. The highest BCUT2D eigenvalue weighted by atomic mass is 16.5. The lowest BCUT2D eigenvalue weighted by atomic mass is 9.98. The minimum absolute atomic E-state index is 0.193. The number of aryl methyl sites for hydroxylation is 1. The Morgan fingerprint density at radius 1 is 1.53 bits per heavy atom. The first-order valence-electron chi connectivity index (χ1n) is 5.23. The topological polar surface area (TPSA) is 42.6 Å². The van der Waals surface area contributed by atoms with Crippen LogP contribution in [0.25, 0.3) is 0 Å². The Labute approximate surface area is 91.1 Å². The summed E-state index contributed by atoms with van der Waals surface area (Å²) in [5.74, 6) is 0.668. The zero-order chi connectivity index (χ0) is 11.5. The van der Waals surface area contributed by atoms with Crippen molar-refractivity contribution in [1.29, 1.82) is 0 Å². The van der Waals surface area contributed by atoms with Gasteiger partial charge in [-0.1, -0.05) is 0 Å². The van der Waals surface area contributed by atoms with Gasteiger partial charge in [0.25, 0.3) is 0 Å². The molecule has 1 N–H and O–H groups in total. The Morgan fingerprint density at radius 2 is 2.20 bits per heavy atom. The van der Waals surface area contributed by atoms with E-state index in [0.717, 1.165) is 12.0 Å². The molecule has 3 nitrogen and oxygen atoms in total. The number of hydrogen-bond donors (Lipinski definition) is 1. The molecule has 0 amide bonds. The predicted octanol–water partition coefficient (Wildman–Crippen LogP) is 2.83. The van der Waals surface area contributed by atoms with Gasteiger partial charge in [-0.2, -0.15) is 0 Å². The van der Waals surface area contributed by atoms with Crippen LogP contribution in [-0.2, 0) is 4.74 Å². The fourth-order valence-electron chi connectivity index (χ4n) is 1.44. The molecule has 1 heterocycles. The molecule has 1 rings (SSSR count). The van der Waals surface area contributed by atoms with Crippen LogP contribution in [0.3, 0.4) is 0 Å². The zero-order valence-corrected chi connectivity index (χ0v) is 9.91. The highest BCUT2D eigenvalue weighted by Gasteiger charge is 2.21. The molecule has 0 radical (unpaired) electrons. The van der Waals surface area contributed by atoms with Crippen LogP contribution < -0.4 is 0 Å². The summed E-state index contributed by atoms with van der Waals surface area (Å²) in [7, 11) is 1.69. The maximum Gasteiger partial charge on any atom is 0.135 e. The van der Waals surface area contributed by atoms with Crippen LogP contribution in [0.4, 0.5) is 0 Å². The van der Waals surface area contributed by atoms with Crippen LogP contribution in [-0.4, -0.2) is 17.8 Å². The van der Waals surface area contributed by atoms with Gasteiger partial charge < -0.3 is 14.3 Å². The Hall–Kier alpha value is -0.800.